The first-order chi connectivity index (χ1) is 9.93. The van der Waals surface area contributed by atoms with E-state index in [1.807, 2.05) is 24.3 Å². The summed E-state index contributed by atoms with van der Waals surface area (Å²) in [4.78, 5) is 23.7. The van der Waals surface area contributed by atoms with Gasteiger partial charge in [-0.15, -0.1) is 0 Å². The van der Waals surface area contributed by atoms with Crippen LogP contribution in [0.5, 0.6) is 5.75 Å². The molecular formula is C14H20N2O5. The molecule has 7 heteroatoms. The molecule has 0 heterocycles. The number of carboxylic acid groups (broad SMARTS) is 1. The molecule has 0 radical (unpaired) electrons. The normalized spacial score (nSPS) is 11.6. The fourth-order valence-corrected chi connectivity index (χ4v) is 1.65. The third-order valence-electron chi connectivity index (χ3n) is 2.90. The summed E-state index contributed by atoms with van der Waals surface area (Å²) >= 11 is 0. The van der Waals surface area contributed by atoms with Gasteiger partial charge in [-0.1, -0.05) is 12.1 Å². The van der Waals surface area contributed by atoms with E-state index in [4.69, 9.17) is 14.9 Å². The van der Waals surface area contributed by atoms with Crippen LogP contribution in [0, 0.1) is 0 Å². The number of hydrogen-bond acceptors (Lipinski definition) is 4. The number of carbonyl (C=O) groups excluding carboxylic acids is 1. The lowest BCUT2D eigenvalue weighted by molar-refractivity contribution is -0.146. The molecule has 21 heavy (non-hydrogen) atoms. The number of amides is 2. The SMILES string of the molecule is COc1ccc(CN(C)C(=O)NCC[C@H](O)C(=O)O)cc1. The van der Waals surface area contributed by atoms with E-state index in [9.17, 15) is 9.59 Å². The van der Waals surface area contributed by atoms with E-state index in [0.717, 1.165) is 11.3 Å². The second-order valence-electron chi connectivity index (χ2n) is 4.58. The maximum absolute atomic E-state index is 11.8. The Labute approximate surface area is 123 Å². The number of methoxy groups -OCH3 is 1. The number of urea groups is 1. The van der Waals surface area contributed by atoms with Crippen molar-refractivity contribution in [1.29, 1.82) is 0 Å². The van der Waals surface area contributed by atoms with Crippen molar-refractivity contribution >= 4 is 12.0 Å². The number of aliphatic carboxylic acids is 1. The summed E-state index contributed by atoms with van der Waals surface area (Å²) in [6.07, 6.45) is -1.49. The Morgan fingerprint density at radius 1 is 1.33 bits per heavy atom. The average molecular weight is 296 g/mol. The van der Waals surface area contributed by atoms with Crippen LogP contribution < -0.4 is 10.1 Å². The molecule has 0 aliphatic heterocycles. The number of carbonyl (C=O) groups is 2. The molecule has 0 fully saturated rings. The third kappa shape index (κ3) is 5.70. The van der Waals surface area contributed by atoms with Gasteiger partial charge in [-0.3, -0.25) is 0 Å². The number of nitrogens with one attached hydrogen (secondary N) is 1. The van der Waals surface area contributed by atoms with E-state index in [2.05, 4.69) is 5.32 Å². The van der Waals surface area contributed by atoms with Crippen LogP contribution in [0.4, 0.5) is 4.79 Å². The highest BCUT2D eigenvalue weighted by Gasteiger charge is 2.14. The Morgan fingerprint density at radius 3 is 2.48 bits per heavy atom. The van der Waals surface area contributed by atoms with Crippen LogP contribution in [-0.4, -0.2) is 53.9 Å². The smallest absolute Gasteiger partial charge is 0.332 e. The fourth-order valence-electron chi connectivity index (χ4n) is 1.65. The van der Waals surface area contributed by atoms with Crippen LogP contribution in [0.1, 0.15) is 12.0 Å². The van der Waals surface area contributed by atoms with Gasteiger partial charge in [0.2, 0.25) is 0 Å². The van der Waals surface area contributed by atoms with Gasteiger partial charge in [0.1, 0.15) is 5.75 Å². The number of nitrogens with zero attached hydrogens (tertiary/aromatic N) is 1. The van der Waals surface area contributed by atoms with Crippen LogP contribution in [0.3, 0.4) is 0 Å². The number of carboxylic acids is 1. The summed E-state index contributed by atoms with van der Waals surface area (Å²) in [6, 6.07) is 7.01. The molecule has 0 saturated carbocycles. The third-order valence-corrected chi connectivity index (χ3v) is 2.90. The highest BCUT2D eigenvalue weighted by Crippen LogP contribution is 2.12. The van der Waals surface area contributed by atoms with Gasteiger partial charge in [0, 0.05) is 26.6 Å². The molecule has 0 saturated heterocycles. The largest absolute Gasteiger partial charge is 0.497 e. The Morgan fingerprint density at radius 2 is 1.95 bits per heavy atom. The van der Waals surface area contributed by atoms with Gasteiger partial charge in [0.15, 0.2) is 6.10 Å². The number of rotatable bonds is 7. The van der Waals surface area contributed by atoms with Gasteiger partial charge < -0.3 is 25.2 Å². The van der Waals surface area contributed by atoms with Crippen LogP contribution in [0.25, 0.3) is 0 Å². The van der Waals surface area contributed by atoms with Gasteiger partial charge in [0.25, 0.3) is 0 Å². The molecule has 0 aliphatic rings. The monoisotopic (exact) mass is 296 g/mol. The van der Waals surface area contributed by atoms with E-state index in [0.29, 0.717) is 6.54 Å². The van der Waals surface area contributed by atoms with Gasteiger partial charge in [-0.25, -0.2) is 9.59 Å². The van der Waals surface area contributed by atoms with E-state index in [1.165, 1.54) is 4.90 Å². The minimum Gasteiger partial charge on any atom is -0.497 e. The van der Waals surface area contributed by atoms with Crippen molar-refractivity contribution in [3.8, 4) is 5.75 Å². The predicted molar refractivity (Wildman–Crippen MR) is 76.1 cm³/mol. The summed E-state index contributed by atoms with van der Waals surface area (Å²) in [7, 11) is 3.22. The zero-order chi connectivity index (χ0) is 15.8. The minimum atomic E-state index is -1.46. The quantitative estimate of drug-likeness (QED) is 0.687. The Hall–Kier alpha value is -2.28. The van der Waals surface area contributed by atoms with Crippen molar-refractivity contribution in [3.63, 3.8) is 0 Å². The first-order valence-electron chi connectivity index (χ1n) is 6.46. The minimum absolute atomic E-state index is 0.0303. The number of aliphatic hydroxyl groups is 1. The van der Waals surface area contributed by atoms with Crippen molar-refractivity contribution in [2.75, 3.05) is 20.7 Å². The van der Waals surface area contributed by atoms with Gasteiger partial charge in [-0.05, 0) is 17.7 Å². The van der Waals surface area contributed by atoms with E-state index < -0.39 is 12.1 Å². The lowest BCUT2D eigenvalue weighted by Crippen LogP contribution is -2.38. The molecule has 7 nitrogen and oxygen atoms in total. The highest BCUT2D eigenvalue weighted by molar-refractivity contribution is 5.74. The molecular weight excluding hydrogens is 276 g/mol. The van der Waals surface area contributed by atoms with Crippen molar-refractivity contribution < 1.29 is 24.5 Å². The Bertz CT molecular complexity index is 475. The molecule has 1 aromatic rings. The zero-order valence-corrected chi connectivity index (χ0v) is 12.1. The van der Waals surface area contributed by atoms with Crippen LogP contribution in [-0.2, 0) is 11.3 Å². The first-order valence-corrected chi connectivity index (χ1v) is 6.46. The zero-order valence-electron chi connectivity index (χ0n) is 12.1. The number of ether oxygens (including phenoxy) is 1. The van der Waals surface area contributed by atoms with Crippen molar-refractivity contribution in [2.24, 2.45) is 0 Å². The molecule has 1 rings (SSSR count). The van der Waals surface area contributed by atoms with E-state index in [-0.39, 0.29) is 19.0 Å². The lowest BCUT2D eigenvalue weighted by Gasteiger charge is -2.18. The van der Waals surface area contributed by atoms with Gasteiger partial charge in [-0.2, -0.15) is 0 Å². The lowest BCUT2D eigenvalue weighted by atomic mass is 10.2. The summed E-state index contributed by atoms with van der Waals surface area (Å²) in [5, 5.41) is 20.1. The number of benzene rings is 1. The molecule has 116 valence electrons. The van der Waals surface area contributed by atoms with E-state index >= 15 is 0 Å². The van der Waals surface area contributed by atoms with Gasteiger partial charge >= 0.3 is 12.0 Å². The molecule has 0 aromatic heterocycles. The van der Waals surface area contributed by atoms with E-state index in [1.54, 1.807) is 14.2 Å². The number of aliphatic hydroxyl groups excluding tert-OH is 1. The topological polar surface area (TPSA) is 99.1 Å². The summed E-state index contributed by atoms with van der Waals surface area (Å²) in [5.41, 5.74) is 0.944. The Kier molecular flexibility index (Phi) is 6.48. The fraction of sp³-hybridized carbons (Fsp3) is 0.429. The molecule has 3 N–H and O–H groups in total. The number of hydrogen-bond donors (Lipinski definition) is 3. The second-order valence-corrected chi connectivity index (χ2v) is 4.58. The molecule has 2 amide bonds. The highest BCUT2D eigenvalue weighted by atomic mass is 16.5. The van der Waals surface area contributed by atoms with Crippen LogP contribution >= 0.6 is 0 Å². The molecule has 0 spiro atoms. The summed E-state index contributed by atoms with van der Waals surface area (Å²) < 4.78 is 5.05. The molecule has 1 aromatic carbocycles. The van der Waals surface area contributed by atoms with Crippen LogP contribution in [0.15, 0.2) is 24.3 Å². The Balaban J connectivity index is 2.38. The predicted octanol–water partition coefficient (Wildman–Crippen LogP) is 0.672. The molecule has 0 bridgehead atoms. The molecule has 1 atom stereocenters. The molecule has 0 aliphatic carbocycles. The maximum Gasteiger partial charge on any atom is 0.332 e. The molecule has 0 unspecified atom stereocenters. The summed E-state index contributed by atoms with van der Waals surface area (Å²) in [6.45, 7) is 0.510. The average Bonchev–Trinajstić information content (AvgIpc) is 2.47. The first kappa shape index (κ1) is 16.8. The summed E-state index contributed by atoms with van der Waals surface area (Å²) in [5.74, 6) is -0.552. The standard InChI is InChI=1S/C14H20N2O5/c1-16(9-10-3-5-11(21-2)6-4-10)14(20)15-8-7-12(17)13(18)19/h3-6,12,17H,7-9H2,1-2H3,(H,15,20)(H,18,19)/t12-/m0/s1. The second kappa shape index (κ2) is 8.11. The van der Waals surface area contributed by atoms with Crippen molar-refractivity contribution in [3.05, 3.63) is 29.8 Å². The van der Waals surface area contributed by atoms with Crippen molar-refractivity contribution in [2.45, 2.75) is 19.1 Å². The van der Waals surface area contributed by atoms with Crippen molar-refractivity contribution in [1.82, 2.24) is 10.2 Å². The maximum atomic E-state index is 11.8. The van der Waals surface area contributed by atoms with Gasteiger partial charge in [0.05, 0.1) is 7.11 Å². The van der Waals surface area contributed by atoms with Crippen LogP contribution in [0.2, 0.25) is 0 Å².